The number of hydrogen-bond acceptors (Lipinski definition) is 4. The maximum absolute atomic E-state index is 11.7. The van der Waals surface area contributed by atoms with Crippen molar-refractivity contribution in [3.8, 4) is 0 Å². The number of hydrogen-bond donors (Lipinski definition) is 1. The number of nitrogens with zero attached hydrogens (tertiary/aromatic N) is 1. The molecule has 1 aromatic rings. The van der Waals surface area contributed by atoms with E-state index < -0.39 is 0 Å². The molecule has 0 saturated heterocycles. The van der Waals surface area contributed by atoms with Crippen molar-refractivity contribution in [3.63, 3.8) is 0 Å². The number of anilines is 1. The molecule has 4 heteroatoms. The second-order valence-corrected chi connectivity index (χ2v) is 5.01. The van der Waals surface area contributed by atoms with Crippen LogP contribution in [0.5, 0.6) is 0 Å². The number of pyridine rings is 1. The monoisotopic (exact) mass is 234 g/mol. The molecule has 0 spiro atoms. The second-order valence-electron chi connectivity index (χ2n) is 5.01. The molecule has 1 aliphatic rings. The molecule has 1 atom stereocenters. The van der Waals surface area contributed by atoms with E-state index in [0.717, 1.165) is 6.42 Å². The van der Waals surface area contributed by atoms with Crippen LogP contribution < -0.4 is 5.32 Å². The van der Waals surface area contributed by atoms with E-state index in [4.69, 9.17) is 4.74 Å². The molecule has 1 saturated carbocycles. The summed E-state index contributed by atoms with van der Waals surface area (Å²) < 4.78 is 5.00. The lowest BCUT2D eigenvalue weighted by molar-refractivity contribution is 0.0527. The summed E-state index contributed by atoms with van der Waals surface area (Å²) in [7, 11) is 0. The van der Waals surface area contributed by atoms with Gasteiger partial charge in [0.2, 0.25) is 0 Å². The van der Waals surface area contributed by atoms with Gasteiger partial charge in [0, 0.05) is 12.2 Å². The fraction of sp³-hybridized carbons (Fsp3) is 0.538. The van der Waals surface area contributed by atoms with Crippen molar-refractivity contribution in [1.82, 2.24) is 4.98 Å². The van der Waals surface area contributed by atoms with Gasteiger partial charge in [-0.25, -0.2) is 9.78 Å². The fourth-order valence-electron chi connectivity index (χ4n) is 1.77. The van der Waals surface area contributed by atoms with Crippen LogP contribution in [0.4, 0.5) is 5.82 Å². The Labute approximate surface area is 101 Å². The summed E-state index contributed by atoms with van der Waals surface area (Å²) in [5.74, 6) is 0.308. The highest BCUT2D eigenvalue weighted by atomic mass is 16.5. The van der Waals surface area contributed by atoms with E-state index in [0.29, 0.717) is 29.4 Å². The number of aromatic nitrogens is 1. The third-order valence-electron chi connectivity index (χ3n) is 3.13. The molecular weight excluding hydrogens is 216 g/mol. The van der Waals surface area contributed by atoms with E-state index in [9.17, 15) is 4.79 Å². The molecule has 1 N–H and O–H groups in total. The van der Waals surface area contributed by atoms with Crippen molar-refractivity contribution in [2.24, 2.45) is 5.41 Å². The first kappa shape index (κ1) is 11.9. The molecule has 1 fully saturated rings. The molecule has 92 valence electrons. The van der Waals surface area contributed by atoms with Crippen LogP contribution in [0.3, 0.4) is 0 Å². The normalized spacial score (nSPS) is 20.8. The zero-order valence-corrected chi connectivity index (χ0v) is 10.5. The lowest BCUT2D eigenvalue weighted by atomic mass is 10.2. The third-order valence-corrected chi connectivity index (χ3v) is 3.13. The minimum absolute atomic E-state index is 0.295. The van der Waals surface area contributed by atoms with E-state index in [-0.39, 0.29) is 5.97 Å². The highest BCUT2D eigenvalue weighted by Crippen LogP contribution is 2.46. The average molecular weight is 234 g/mol. The molecule has 0 bridgehead atoms. The molecular formula is C13H18N2O2. The summed E-state index contributed by atoms with van der Waals surface area (Å²) in [5, 5.41) is 3.30. The van der Waals surface area contributed by atoms with Gasteiger partial charge in [0.1, 0.15) is 11.4 Å². The topological polar surface area (TPSA) is 51.2 Å². The smallest absolute Gasteiger partial charge is 0.341 e. The van der Waals surface area contributed by atoms with Crippen LogP contribution in [0.1, 0.15) is 37.6 Å². The summed E-state index contributed by atoms with van der Waals surface area (Å²) >= 11 is 0. The van der Waals surface area contributed by atoms with Gasteiger partial charge in [-0.1, -0.05) is 13.8 Å². The molecule has 0 aliphatic heterocycles. The molecule has 1 aromatic heterocycles. The number of esters is 1. The van der Waals surface area contributed by atoms with Crippen LogP contribution in [-0.4, -0.2) is 23.6 Å². The Morgan fingerprint density at radius 2 is 2.35 bits per heavy atom. The first-order valence-electron chi connectivity index (χ1n) is 5.93. The lowest BCUT2D eigenvalue weighted by Gasteiger charge is -2.11. The van der Waals surface area contributed by atoms with Gasteiger partial charge in [-0.05, 0) is 30.9 Å². The predicted octanol–water partition coefficient (Wildman–Crippen LogP) is 2.47. The fourth-order valence-corrected chi connectivity index (χ4v) is 1.77. The van der Waals surface area contributed by atoms with Gasteiger partial charge in [-0.15, -0.1) is 0 Å². The van der Waals surface area contributed by atoms with Gasteiger partial charge in [0.25, 0.3) is 0 Å². The van der Waals surface area contributed by atoms with E-state index in [1.54, 1.807) is 25.3 Å². The Hall–Kier alpha value is -1.58. The van der Waals surface area contributed by atoms with Crippen LogP contribution >= 0.6 is 0 Å². The molecule has 4 nitrogen and oxygen atoms in total. The van der Waals surface area contributed by atoms with Gasteiger partial charge < -0.3 is 10.1 Å². The standard InChI is InChI=1S/C13H18N2O2/c1-4-17-12(16)9-6-5-7-14-11(9)15-10-8-13(10,2)3/h5-7,10H,4,8H2,1-3H3,(H,14,15). The maximum Gasteiger partial charge on any atom is 0.341 e. The van der Waals surface area contributed by atoms with Crippen molar-refractivity contribution in [2.45, 2.75) is 33.2 Å². The van der Waals surface area contributed by atoms with E-state index >= 15 is 0 Å². The Kier molecular flexibility index (Phi) is 3.05. The van der Waals surface area contributed by atoms with Crippen LogP contribution in [0.25, 0.3) is 0 Å². The zero-order valence-electron chi connectivity index (χ0n) is 10.5. The van der Waals surface area contributed by atoms with Crippen molar-refractivity contribution in [3.05, 3.63) is 23.9 Å². The number of nitrogens with one attached hydrogen (secondary N) is 1. The quantitative estimate of drug-likeness (QED) is 0.813. The van der Waals surface area contributed by atoms with Crippen molar-refractivity contribution < 1.29 is 9.53 Å². The summed E-state index contributed by atoms with van der Waals surface area (Å²) in [6.45, 7) is 6.56. The van der Waals surface area contributed by atoms with Crippen molar-refractivity contribution >= 4 is 11.8 Å². The number of carbonyl (C=O) groups excluding carboxylic acids is 1. The average Bonchev–Trinajstić information content (AvgIpc) is 2.87. The van der Waals surface area contributed by atoms with Crippen LogP contribution in [-0.2, 0) is 4.74 Å². The molecule has 0 radical (unpaired) electrons. The van der Waals surface area contributed by atoms with Crippen LogP contribution in [0.2, 0.25) is 0 Å². The van der Waals surface area contributed by atoms with Gasteiger partial charge in [0.15, 0.2) is 0 Å². The summed E-state index contributed by atoms with van der Waals surface area (Å²) in [4.78, 5) is 15.9. The summed E-state index contributed by atoms with van der Waals surface area (Å²) in [5.41, 5.74) is 0.806. The van der Waals surface area contributed by atoms with Crippen LogP contribution in [0, 0.1) is 5.41 Å². The van der Waals surface area contributed by atoms with Gasteiger partial charge in [0.05, 0.1) is 6.61 Å². The minimum atomic E-state index is -0.318. The largest absolute Gasteiger partial charge is 0.462 e. The van der Waals surface area contributed by atoms with Crippen molar-refractivity contribution in [1.29, 1.82) is 0 Å². The Balaban J connectivity index is 2.14. The third kappa shape index (κ3) is 2.57. The Bertz CT molecular complexity index is 429. The summed E-state index contributed by atoms with van der Waals surface area (Å²) in [6.07, 6.45) is 2.78. The number of rotatable bonds is 4. The van der Waals surface area contributed by atoms with Gasteiger partial charge in [-0.2, -0.15) is 0 Å². The molecule has 2 rings (SSSR count). The summed E-state index contributed by atoms with van der Waals surface area (Å²) in [6, 6.07) is 3.88. The Morgan fingerprint density at radius 3 is 2.94 bits per heavy atom. The van der Waals surface area contributed by atoms with Crippen LogP contribution in [0.15, 0.2) is 18.3 Å². The van der Waals surface area contributed by atoms with Crippen molar-refractivity contribution in [2.75, 3.05) is 11.9 Å². The zero-order chi connectivity index (χ0) is 12.5. The first-order chi connectivity index (χ1) is 8.04. The number of carbonyl (C=O) groups is 1. The number of ether oxygens (including phenoxy) is 1. The Morgan fingerprint density at radius 1 is 1.65 bits per heavy atom. The van der Waals surface area contributed by atoms with E-state index in [2.05, 4.69) is 24.1 Å². The SMILES string of the molecule is CCOC(=O)c1cccnc1NC1CC1(C)C. The minimum Gasteiger partial charge on any atom is -0.462 e. The molecule has 0 aromatic carbocycles. The van der Waals surface area contributed by atoms with Gasteiger partial charge in [-0.3, -0.25) is 0 Å². The second kappa shape index (κ2) is 4.35. The van der Waals surface area contributed by atoms with E-state index in [1.807, 2.05) is 0 Å². The molecule has 1 aliphatic carbocycles. The lowest BCUT2D eigenvalue weighted by Crippen LogP contribution is -2.15. The molecule has 0 amide bonds. The highest BCUT2D eigenvalue weighted by Gasteiger charge is 2.46. The van der Waals surface area contributed by atoms with E-state index in [1.165, 1.54) is 0 Å². The van der Waals surface area contributed by atoms with Gasteiger partial charge >= 0.3 is 5.97 Å². The molecule has 1 heterocycles. The first-order valence-corrected chi connectivity index (χ1v) is 5.93. The highest BCUT2D eigenvalue weighted by molar-refractivity contribution is 5.94. The predicted molar refractivity (Wildman–Crippen MR) is 66.0 cm³/mol. The maximum atomic E-state index is 11.7. The molecule has 1 unspecified atom stereocenters. The molecule has 17 heavy (non-hydrogen) atoms.